The van der Waals surface area contributed by atoms with Crippen molar-refractivity contribution in [3.05, 3.63) is 27.2 Å². The number of fused-ring (bicyclic) bond motifs is 1. The van der Waals surface area contributed by atoms with Crippen LogP contribution in [0.3, 0.4) is 0 Å². The lowest BCUT2D eigenvalue weighted by Gasteiger charge is -2.00. The normalized spacial score (nSPS) is 13.6. The van der Waals surface area contributed by atoms with E-state index in [-0.39, 0.29) is 0 Å². The molecular weight excluding hydrogens is 225 g/mol. The van der Waals surface area contributed by atoms with Crippen molar-refractivity contribution in [3.8, 4) is 0 Å². The van der Waals surface area contributed by atoms with E-state index in [1.54, 1.807) is 0 Å². The summed E-state index contributed by atoms with van der Waals surface area (Å²) in [6, 6.07) is 3.99. The maximum absolute atomic E-state index is 5.98. The van der Waals surface area contributed by atoms with Crippen LogP contribution < -0.4 is 0 Å². The van der Waals surface area contributed by atoms with Crippen molar-refractivity contribution in [1.82, 2.24) is 0 Å². The molecule has 1 aliphatic heterocycles. The van der Waals surface area contributed by atoms with Crippen LogP contribution >= 0.6 is 27.5 Å². The molecule has 0 N–H and O–H groups in total. The standard InChI is InChI=1S/C8H5BrClN/c9-6-2-1-5-3-4-11-8(5)7(6)10/h1-2,4H,3H2. The van der Waals surface area contributed by atoms with Gasteiger partial charge in [0.1, 0.15) is 0 Å². The highest BCUT2D eigenvalue weighted by Gasteiger charge is 2.11. The second kappa shape index (κ2) is 2.61. The van der Waals surface area contributed by atoms with Gasteiger partial charge in [-0.25, -0.2) is 0 Å². The van der Waals surface area contributed by atoms with Gasteiger partial charge in [0.15, 0.2) is 0 Å². The molecule has 0 saturated heterocycles. The van der Waals surface area contributed by atoms with E-state index in [0.717, 1.165) is 21.6 Å². The summed E-state index contributed by atoms with van der Waals surface area (Å²) in [5.74, 6) is 0. The van der Waals surface area contributed by atoms with E-state index < -0.39 is 0 Å². The highest BCUT2D eigenvalue weighted by molar-refractivity contribution is 9.10. The highest BCUT2D eigenvalue weighted by atomic mass is 79.9. The van der Waals surface area contributed by atoms with E-state index in [9.17, 15) is 0 Å². The van der Waals surface area contributed by atoms with E-state index in [4.69, 9.17) is 11.6 Å². The fourth-order valence-corrected chi connectivity index (χ4v) is 1.67. The molecule has 0 amide bonds. The quantitative estimate of drug-likeness (QED) is 0.648. The van der Waals surface area contributed by atoms with E-state index >= 15 is 0 Å². The molecule has 0 bridgehead atoms. The Kier molecular flexibility index (Phi) is 1.74. The largest absolute Gasteiger partial charge is 0.259 e. The van der Waals surface area contributed by atoms with Crippen LogP contribution in [0.25, 0.3) is 0 Å². The summed E-state index contributed by atoms with van der Waals surface area (Å²) in [4.78, 5) is 4.17. The zero-order valence-corrected chi connectivity index (χ0v) is 7.98. The summed E-state index contributed by atoms with van der Waals surface area (Å²) in [6.45, 7) is 0. The summed E-state index contributed by atoms with van der Waals surface area (Å²) in [7, 11) is 0. The molecule has 1 aromatic rings. The van der Waals surface area contributed by atoms with Gasteiger partial charge in [-0.05, 0) is 27.6 Å². The topological polar surface area (TPSA) is 12.4 Å². The summed E-state index contributed by atoms with van der Waals surface area (Å²) >= 11 is 9.32. The van der Waals surface area contributed by atoms with Crippen molar-refractivity contribution in [2.75, 3.05) is 0 Å². The van der Waals surface area contributed by atoms with E-state index in [1.165, 1.54) is 5.56 Å². The monoisotopic (exact) mass is 229 g/mol. The molecule has 1 nitrogen and oxygen atoms in total. The molecule has 0 unspecified atom stereocenters. The van der Waals surface area contributed by atoms with Gasteiger partial charge >= 0.3 is 0 Å². The maximum atomic E-state index is 5.98. The van der Waals surface area contributed by atoms with Crippen LogP contribution in [0.2, 0.25) is 5.02 Å². The molecule has 0 aliphatic carbocycles. The van der Waals surface area contributed by atoms with E-state index in [1.807, 2.05) is 18.3 Å². The molecule has 56 valence electrons. The lowest BCUT2D eigenvalue weighted by atomic mass is 10.2. The van der Waals surface area contributed by atoms with Crippen LogP contribution in [0.5, 0.6) is 0 Å². The van der Waals surface area contributed by atoms with E-state index in [0.29, 0.717) is 0 Å². The van der Waals surface area contributed by atoms with Crippen molar-refractivity contribution in [2.45, 2.75) is 6.42 Å². The Bertz CT molecular complexity index is 333. The van der Waals surface area contributed by atoms with Gasteiger partial charge in [0.05, 0.1) is 10.7 Å². The number of aliphatic imine (C=N–C) groups is 1. The zero-order chi connectivity index (χ0) is 7.84. The molecule has 1 heterocycles. The number of rotatable bonds is 0. The van der Waals surface area contributed by atoms with Crippen LogP contribution in [0.1, 0.15) is 5.56 Å². The summed E-state index contributed by atoms with van der Waals surface area (Å²) < 4.78 is 0.914. The molecule has 0 fully saturated rings. The molecular formula is C8H5BrClN. The Morgan fingerprint density at radius 1 is 1.45 bits per heavy atom. The van der Waals surface area contributed by atoms with Crippen LogP contribution in [-0.4, -0.2) is 6.21 Å². The predicted octanol–water partition coefficient (Wildman–Crippen LogP) is 3.36. The fourth-order valence-electron chi connectivity index (χ4n) is 1.12. The third-order valence-electron chi connectivity index (χ3n) is 1.68. The molecule has 2 rings (SSSR count). The number of hydrogen-bond acceptors (Lipinski definition) is 1. The Morgan fingerprint density at radius 2 is 2.27 bits per heavy atom. The van der Waals surface area contributed by atoms with Crippen molar-refractivity contribution in [3.63, 3.8) is 0 Å². The van der Waals surface area contributed by atoms with Crippen molar-refractivity contribution < 1.29 is 0 Å². The van der Waals surface area contributed by atoms with Gasteiger partial charge in [-0.15, -0.1) is 0 Å². The maximum Gasteiger partial charge on any atom is 0.0859 e. The first-order chi connectivity index (χ1) is 5.29. The summed E-state index contributed by atoms with van der Waals surface area (Å²) in [6.07, 6.45) is 2.78. The molecule has 11 heavy (non-hydrogen) atoms. The van der Waals surface area contributed by atoms with E-state index in [2.05, 4.69) is 20.9 Å². The second-order valence-corrected chi connectivity index (χ2v) is 3.62. The SMILES string of the molecule is Clc1c(Br)ccc2c1N=CC2. The minimum absolute atomic E-state index is 0.719. The molecule has 1 aliphatic rings. The third kappa shape index (κ3) is 1.10. The van der Waals surface area contributed by atoms with Gasteiger partial charge < -0.3 is 0 Å². The smallest absolute Gasteiger partial charge is 0.0859 e. The van der Waals surface area contributed by atoms with Crippen molar-refractivity contribution >= 4 is 39.4 Å². The van der Waals surface area contributed by atoms with Crippen molar-refractivity contribution in [1.29, 1.82) is 0 Å². The summed E-state index contributed by atoms with van der Waals surface area (Å²) in [5, 5.41) is 0.719. The van der Waals surface area contributed by atoms with Crippen LogP contribution in [0.15, 0.2) is 21.6 Å². The third-order valence-corrected chi connectivity index (χ3v) is 2.96. The van der Waals surface area contributed by atoms with Crippen molar-refractivity contribution in [2.24, 2.45) is 4.99 Å². The van der Waals surface area contributed by atoms with Crippen LogP contribution in [-0.2, 0) is 6.42 Å². The first-order valence-corrected chi connectivity index (χ1v) is 4.45. The van der Waals surface area contributed by atoms with Gasteiger partial charge in [0, 0.05) is 17.1 Å². The molecule has 0 spiro atoms. The van der Waals surface area contributed by atoms with Gasteiger partial charge in [-0.2, -0.15) is 0 Å². The Hall–Kier alpha value is -0.340. The van der Waals surface area contributed by atoms with Gasteiger partial charge in [-0.3, -0.25) is 4.99 Å². The molecule has 0 atom stereocenters. The Balaban J connectivity index is 2.70. The first kappa shape index (κ1) is 7.32. The molecule has 0 saturated carbocycles. The second-order valence-electron chi connectivity index (χ2n) is 2.38. The van der Waals surface area contributed by atoms with Crippen LogP contribution in [0, 0.1) is 0 Å². The van der Waals surface area contributed by atoms with Crippen LogP contribution in [0.4, 0.5) is 5.69 Å². The minimum atomic E-state index is 0.719. The average Bonchev–Trinajstić information content (AvgIpc) is 2.45. The van der Waals surface area contributed by atoms with Gasteiger partial charge in [0.25, 0.3) is 0 Å². The minimum Gasteiger partial charge on any atom is -0.259 e. The first-order valence-electron chi connectivity index (χ1n) is 3.28. The molecule has 0 radical (unpaired) electrons. The highest BCUT2D eigenvalue weighted by Crippen LogP contribution is 2.37. The average molecular weight is 230 g/mol. The fraction of sp³-hybridized carbons (Fsp3) is 0.125. The molecule has 3 heteroatoms. The van der Waals surface area contributed by atoms with Gasteiger partial charge in [0.2, 0.25) is 0 Å². The Labute approximate surface area is 78.2 Å². The van der Waals surface area contributed by atoms with Gasteiger partial charge in [-0.1, -0.05) is 17.7 Å². The number of halogens is 2. The molecule has 0 aromatic heterocycles. The number of benzene rings is 1. The lowest BCUT2D eigenvalue weighted by Crippen LogP contribution is -1.78. The predicted molar refractivity (Wildman–Crippen MR) is 51.0 cm³/mol. The Morgan fingerprint density at radius 3 is 3.09 bits per heavy atom. The lowest BCUT2D eigenvalue weighted by molar-refractivity contribution is 1.40. The molecule has 1 aromatic carbocycles. The summed E-state index contributed by atoms with van der Waals surface area (Å²) in [5.41, 5.74) is 2.12. The number of nitrogens with zero attached hydrogens (tertiary/aromatic N) is 1. The zero-order valence-electron chi connectivity index (χ0n) is 5.64. The number of hydrogen-bond donors (Lipinski definition) is 0.